The summed E-state index contributed by atoms with van der Waals surface area (Å²) in [7, 11) is 0. The van der Waals surface area contributed by atoms with Crippen molar-refractivity contribution in [2.24, 2.45) is 0 Å². The molecule has 0 amide bonds. The highest BCUT2D eigenvalue weighted by atomic mass is 19.4. The number of aryl methyl sites for hydroxylation is 1. The van der Waals surface area contributed by atoms with Gasteiger partial charge in [0.15, 0.2) is 0 Å². The Balaban J connectivity index is 1.35. The molecule has 2 N–H and O–H groups in total. The molecular formula is C24H22F5N3O3. The van der Waals surface area contributed by atoms with E-state index in [9.17, 15) is 26.7 Å². The van der Waals surface area contributed by atoms with Gasteiger partial charge in [0.25, 0.3) is 5.92 Å². The van der Waals surface area contributed by atoms with E-state index in [1.165, 1.54) is 6.20 Å². The van der Waals surface area contributed by atoms with Crippen LogP contribution in [0.15, 0.2) is 30.5 Å². The van der Waals surface area contributed by atoms with Crippen molar-refractivity contribution in [1.29, 1.82) is 0 Å². The Hall–Kier alpha value is -3.37. The van der Waals surface area contributed by atoms with Crippen LogP contribution < -0.4 is 9.64 Å². The number of alkyl halides is 5. The first-order valence-corrected chi connectivity index (χ1v) is 11.2. The second-order valence-corrected chi connectivity index (χ2v) is 9.09. The number of ether oxygens (including phenoxy) is 1. The molecule has 1 fully saturated rings. The van der Waals surface area contributed by atoms with Crippen LogP contribution in [0.25, 0.3) is 10.9 Å². The summed E-state index contributed by atoms with van der Waals surface area (Å²) in [5.41, 5.74) is 1.86. The zero-order valence-electron chi connectivity index (χ0n) is 18.5. The molecular weight excluding hydrogens is 473 g/mol. The van der Waals surface area contributed by atoms with E-state index in [4.69, 9.17) is 9.84 Å². The number of hydrogen-bond donors (Lipinski definition) is 2. The third kappa shape index (κ3) is 4.63. The Kier molecular flexibility index (Phi) is 5.60. The average Bonchev–Trinajstić information content (AvgIpc) is 3.45. The minimum Gasteiger partial charge on any atom is -0.489 e. The van der Waals surface area contributed by atoms with Gasteiger partial charge in [-0.3, -0.25) is 4.79 Å². The number of carboxylic acid groups (broad SMARTS) is 1. The molecule has 1 aliphatic carbocycles. The number of rotatable bonds is 6. The molecule has 0 spiro atoms. The molecule has 0 radical (unpaired) electrons. The molecule has 5 rings (SSSR count). The smallest absolute Gasteiger partial charge is 0.419 e. The van der Waals surface area contributed by atoms with Gasteiger partial charge in [0.05, 0.1) is 18.5 Å². The van der Waals surface area contributed by atoms with Crippen molar-refractivity contribution in [1.82, 2.24) is 9.97 Å². The lowest BCUT2D eigenvalue weighted by Crippen LogP contribution is -2.28. The molecule has 1 aliphatic heterocycles. The third-order valence-electron chi connectivity index (χ3n) is 6.59. The average molecular weight is 495 g/mol. The number of aromatic amines is 1. The summed E-state index contributed by atoms with van der Waals surface area (Å²) < 4.78 is 73.9. The second-order valence-electron chi connectivity index (χ2n) is 9.09. The van der Waals surface area contributed by atoms with Gasteiger partial charge in [-0.15, -0.1) is 0 Å². The van der Waals surface area contributed by atoms with Crippen LogP contribution >= 0.6 is 0 Å². The van der Waals surface area contributed by atoms with Gasteiger partial charge < -0.3 is 19.7 Å². The fraction of sp³-hybridized carbons (Fsp3) is 0.417. The Labute approximate surface area is 196 Å². The summed E-state index contributed by atoms with van der Waals surface area (Å²) in [4.78, 5) is 19.2. The first kappa shape index (κ1) is 23.4. The number of pyridine rings is 1. The molecule has 2 aliphatic rings. The standard InChI is InChI=1S/C24H22F5N3O3/c25-23(26)5-6-32(12-23)22-18(24(27,28)29)7-13(10-30-22)11-35-15-2-4-19-17(9-15)16-3-1-14(8-20(33)34)21(16)31-19/h2,4,7,9-10,14,31H,1,3,5-6,8,11-12H2,(H,33,34). The number of fused-ring (bicyclic) bond motifs is 3. The lowest BCUT2D eigenvalue weighted by atomic mass is 10.0. The number of aromatic nitrogens is 2. The van der Waals surface area contributed by atoms with Gasteiger partial charge >= 0.3 is 12.1 Å². The highest BCUT2D eigenvalue weighted by Gasteiger charge is 2.43. The van der Waals surface area contributed by atoms with E-state index in [1.807, 2.05) is 0 Å². The van der Waals surface area contributed by atoms with Crippen LogP contribution in [-0.4, -0.2) is 40.1 Å². The van der Waals surface area contributed by atoms with Gasteiger partial charge in [-0.05, 0) is 42.7 Å². The maximum absolute atomic E-state index is 13.7. The maximum atomic E-state index is 13.7. The van der Waals surface area contributed by atoms with Crippen molar-refractivity contribution in [3.05, 3.63) is 52.8 Å². The number of H-pyrrole nitrogens is 1. The number of aliphatic carboxylic acids is 1. The van der Waals surface area contributed by atoms with Gasteiger partial charge in [-0.25, -0.2) is 13.8 Å². The van der Waals surface area contributed by atoms with E-state index in [0.717, 1.165) is 46.0 Å². The van der Waals surface area contributed by atoms with Gasteiger partial charge in [0.2, 0.25) is 0 Å². The summed E-state index contributed by atoms with van der Waals surface area (Å²) >= 11 is 0. The van der Waals surface area contributed by atoms with Crippen molar-refractivity contribution in [2.75, 3.05) is 18.0 Å². The molecule has 11 heteroatoms. The van der Waals surface area contributed by atoms with Crippen LogP contribution in [0.5, 0.6) is 5.75 Å². The van der Waals surface area contributed by atoms with Crippen LogP contribution in [0, 0.1) is 0 Å². The van der Waals surface area contributed by atoms with E-state index in [-0.39, 0.29) is 31.1 Å². The van der Waals surface area contributed by atoms with Crippen LogP contribution in [0.1, 0.15) is 47.6 Å². The summed E-state index contributed by atoms with van der Waals surface area (Å²) in [5.74, 6) is -4.05. The lowest BCUT2D eigenvalue weighted by molar-refractivity contribution is -0.138. The van der Waals surface area contributed by atoms with Crippen molar-refractivity contribution in [3.8, 4) is 5.75 Å². The maximum Gasteiger partial charge on any atom is 0.419 e. The van der Waals surface area contributed by atoms with Crippen molar-refractivity contribution in [2.45, 2.75) is 50.3 Å². The normalized spacial score (nSPS) is 19.3. The molecule has 0 bridgehead atoms. The number of carboxylic acids is 1. The molecule has 1 aromatic carbocycles. The van der Waals surface area contributed by atoms with E-state index in [1.54, 1.807) is 18.2 Å². The SMILES string of the molecule is O=C(O)CC1CCc2c1[nH]c1ccc(OCc3cnc(N4CCC(F)(F)C4)c(C(F)(F)F)c3)cc21. The first-order valence-electron chi connectivity index (χ1n) is 11.2. The summed E-state index contributed by atoms with van der Waals surface area (Å²) in [6.07, 6.45) is -2.55. The summed E-state index contributed by atoms with van der Waals surface area (Å²) in [6.45, 7) is -1.19. The summed E-state index contributed by atoms with van der Waals surface area (Å²) in [5, 5.41) is 10.0. The number of carbonyl (C=O) groups is 1. The van der Waals surface area contributed by atoms with Gasteiger partial charge in [-0.1, -0.05) is 0 Å². The molecule has 2 aromatic heterocycles. The van der Waals surface area contributed by atoms with Crippen molar-refractivity contribution in [3.63, 3.8) is 0 Å². The van der Waals surface area contributed by atoms with Crippen LogP contribution in [0.4, 0.5) is 27.8 Å². The lowest BCUT2D eigenvalue weighted by Gasteiger charge is -2.22. The molecule has 6 nitrogen and oxygen atoms in total. The third-order valence-corrected chi connectivity index (χ3v) is 6.59. The number of nitrogens with one attached hydrogen (secondary N) is 1. The topological polar surface area (TPSA) is 78.4 Å². The number of hydrogen-bond acceptors (Lipinski definition) is 4. The van der Waals surface area contributed by atoms with E-state index in [0.29, 0.717) is 5.75 Å². The van der Waals surface area contributed by atoms with Crippen LogP contribution in [0.2, 0.25) is 0 Å². The largest absolute Gasteiger partial charge is 0.489 e. The Morgan fingerprint density at radius 2 is 2.09 bits per heavy atom. The van der Waals surface area contributed by atoms with E-state index >= 15 is 0 Å². The van der Waals surface area contributed by atoms with E-state index in [2.05, 4.69) is 9.97 Å². The zero-order chi connectivity index (χ0) is 25.0. The molecule has 1 atom stereocenters. The quantitative estimate of drug-likeness (QED) is 0.441. The molecule has 0 saturated carbocycles. The second kappa shape index (κ2) is 8.39. The number of halogens is 5. The van der Waals surface area contributed by atoms with E-state index < -0.39 is 42.4 Å². The minimum atomic E-state index is -4.76. The first-order chi connectivity index (χ1) is 16.5. The monoisotopic (exact) mass is 495 g/mol. The van der Waals surface area contributed by atoms with Gasteiger partial charge in [0.1, 0.15) is 18.2 Å². The predicted octanol–water partition coefficient (Wildman–Crippen LogP) is 5.51. The highest BCUT2D eigenvalue weighted by molar-refractivity contribution is 5.87. The fourth-order valence-electron chi connectivity index (χ4n) is 4.96. The predicted molar refractivity (Wildman–Crippen MR) is 117 cm³/mol. The Bertz CT molecular complexity index is 1290. The van der Waals surface area contributed by atoms with Gasteiger partial charge in [0, 0.05) is 47.2 Å². The highest BCUT2D eigenvalue weighted by Crippen LogP contribution is 2.41. The Morgan fingerprint density at radius 3 is 2.77 bits per heavy atom. The van der Waals surface area contributed by atoms with Crippen LogP contribution in [-0.2, 0) is 24.0 Å². The molecule has 3 aromatic rings. The molecule has 35 heavy (non-hydrogen) atoms. The van der Waals surface area contributed by atoms with Crippen LogP contribution in [0.3, 0.4) is 0 Å². The minimum absolute atomic E-state index is 0.0444. The number of benzene rings is 1. The fourth-order valence-corrected chi connectivity index (χ4v) is 4.96. The molecule has 186 valence electrons. The number of nitrogens with zero attached hydrogens (tertiary/aromatic N) is 2. The molecule has 1 unspecified atom stereocenters. The Morgan fingerprint density at radius 1 is 1.29 bits per heavy atom. The molecule has 1 saturated heterocycles. The zero-order valence-corrected chi connectivity index (χ0v) is 18.5. The van der Waals surface area contributed by atoms with Crippen molar-refractivity contribution < 1.29 is 36.6 Å². The summed E-state index contributed by atoms with van der Waals surface area (Å²) in [6, 6.07) is 6.14. The molecule has 3 heterocycles. The van der Waals surface area contributed by atoms with Crippen molar-refractivity contribution >= 4 is 22.7 Å². The number of anilines is 1. The van der Waals surface area contributed by atoms with Gasteiger partial charge in [-0.2, -0.15) is 13.2 Å².